The number of benzene rings is 1. The van der Waals surface area contributed by atoms with E-state index in [0.717, 1.165) is 23.2 Å². The molecule has 120 valence electrons. The number of alkyl halides is 1. The zero-order valence-electron chi connectivity index (χ0n) is 12.3. The van der Waals surface area contributed by atoms with Crippen molar-refractivity contribution in [2.75, 3.05) is 17.3 Å². The van der Waals surface area contributed by atoms with E-state index < -0.39 is 5.97 Å². The van der Waals surface area contributed by atoms with Gasteiger partial charge in [0.1, 0.15) is 12.2 Å². The van der Waals surface area contributed by atoms with Crippen molar-refractivity contribution in [3.63, 3.8) is 0 Å². The van der Waals surface area contributed by atoms with Gasteiger partial charge in [0, 0.05) is 23.3 Å². The number of carbonyl (C=O) groups excluding carboxylic acids is 1. The van der Waals surface area contributed by atoms with E-state index in [-0.39, 0.29) is 5.88 Å². The Morgan fingerprint density at radius 2 is 2.36 bits per heavy atom. The van der Waals surface area contributed by atoms with Gasteiger partial charge in [-0.1, -0.05) is 22.8 Å². The number of rotatable bonds is 3. The number of oxime groups is 1. The number of anilines is 1. The molecule has 3 atom stereocenters. The number of carbonyl (C=O) groups is 1. The first-order valence-electron chi connectivity index (χ1n) is 7.08. The Balaban J connectivity index is 0.000000192. The molecule has 7 heteroatoms. The quantitative estimate of drug-likeness (QED) is 0.301. The highest BCUT2D eigenvalue weighted by atomic mass is 35.5. The van der Waals surface area contributed by atoms with Gasteiger partial charge in [-0.2, -0.15) is 0 Å². The van der Waals surface area contributed by atoms with Crippen molar-refractivity contribution in [2.24, 2.45) is 22.7 Å². The van der Waals surface area contributed by atoms with Gasteiger partial charge >= 0.3 is 5.97 Å². The van der Waals surface area contributed by atoms with Crippen molar-refractivity contribution in [3.05, 3.63) is 29.3 Å². The molecule has 22 heavy (non-hydrogen) atoms. The van der Waals surface area contributed by atoms with Gasteiger partial charge < -0.3 is 15.5 Å². The minimum absolute atomic E-state index is 0.211. The lowest BCUT2D eigenvalue weighted by Crippen LogP contribution is -2.30. The molecule has 2 N–H and O–H groups in total. The molecule has 0 spiro atoms. The fourth-order valence-corrected chi connectivity index (χ4v) is 3.06. The zero-order valence-corrected chi connectivity index (χ0v) is 13.8. The van der Waals surface area contributed by atoms with E-state index in [0.29, 0.717) is 6.04 Å². The number of piperidine rings is 1. The van der Waals surface area contributed by atoms with Gasteiger partial charge in [0.05, 0.1) is 0 Å². The summed E-state index contributed by atoms with van der Waals surface area (Å²) in [5.41, 5.74) is 6.01. The molecule has 1 aliphatic heterocycles. The molecular formula is C15H19Cl2N3O2. The molecule has 2 fully saturated rings. The Labute approximate surface area is 140 Å². The molecule has 5 nitrogen and oxygen atoms in total. The van der Waals surface area contributed by atoms with E-state index >= 15 is 0 Å². The van der Waals surface area contributed by atoms with E-state index in [1.807, 2.05) is 12.1 Å². The standard InChI is InChI=1S/C12H14ClN.C3H5ClN2O2/c1-8-12-5-9(12)7-14(8)11-4-2-3-10(13)6-11;4-1-3(7)8-6-2-5/h2-4,6,8-9,12H,5,7H2,1H3;2H,1H2,(H2,5,6). The third kappa shape index (κ3) is 4.27. The van der Waals surface area contributed by atoms with Crippen LogP contribution >= 0.6 is 23.2 Å². The Morgan fingerprint density at radius 1 is 1.59 bits per heavy atom. The normalized spacial score (nSPS) is 25.4. The summed E-state index contributed by atoms with van der Waals surface area (Å²) in [6, 6.07) is 8.91. The van der Waals surface area contributed by atoms with Crippen molar-refractivity contribution >= 4 is 41.2 Å². The fourth-order valence-electron chi connectivity index (χ4n) is 2.83. The SMILES string of the molecule is CC1C2CC2CN1c1cccc(Cl)c1.N/C=N\OC(=O)CCl. The molecular weight excluding hydrogens is 325 g/mol. The van der Waals surface area contributed by atoms with E-state index in [1.165, 1.54) is 18.7 Å². The summed E-state index contributed by atoms with van der Waals surface area (Å²) in [4.78, 5) is 16.6. The molecule has 2 aliphatic rings. The lowest BCUT2D eigenvalue weighted by molar-refractivity contribution is -0.140. The molecule has 1 saturated carbocycles. The lowest BCUT2D eigenvalue weighted by atomic mass is 10.2. The second kappa shape index (κ2) is 7.70. The zero-order chi connectivity index (χ0) is 16.1. The van der Waals surface area contributed by atoms with Crippen LogP contribution in [0.1, 0.15) is 13.3 Å². The van der Waals surface area contributed by atoms with E-state index in [1.54, 1.807) is 0 Å². The van der Waals surface area contributed by atoms with Crippen molar-refractivity contribution < 1.29 is 9.63 Å². The van der Waals surface area contributed by atoms with Gasteiger partial charge in [-0.05, 0) is 43.4 Å². The number of nitrogens with two attached hydrogens (primary N) is 1. The first-order chi connectivity index (χ1) is 10.6. The predicted molar refractivity (Wildman–Crippen MR) is 89.3 cm³/mol. The summed E-state index contributed by atoms with van der Waals surface area (Å²) >= 11 is 11.0. The van der Waals surface area contributed by atoms with Crippen LogP contribution < -0.4 is 10.6 Å². The van der Waals surface area contributed by atoms with Crippen molar-refractivity contribution in [1.82, 2.24) is 0 Å². The summed E-state index contributed by atoms with van der Waals surface area (Å²) in [5, 5.41) is 3.80. The molecule has 0 radical (unpaired) electrons. The molecule has 1 heterocycles. The van der Waals surface area contributed by atoms with Crippen LogP contribution in [0.3, 0.4) is 0 Å². The highest BCUT2D eigenvalue weighted by Crippen LogP contribution is 2.50. The van der Waals surface area contributed by atoms with Crippen molar-refractivity contribution in [1.29, 1.82) is 0 Å². The lowest BCUT2D eigenvalue weighted by Gasteiger charge is -2.26. The van der Waals surface area contributed by atoms with Crippen LogP contribution in [-0.2, 0) is 9.63 Å². The second-order valence-corrected chi connectivity index (χ2v) is 6.09. The largest absolute Gasteiger partial charge is 0.387 e. The maximum Gasteiger partial charge on any atom is 0.349 e. The Hall–Kier alpha value is -1.46. The van der Waals surface area contributed by atoms with Crippen LogP contribution in [0.25, 0.3) is 0 Å². The molecule has 0 bridgehead atoms. The van der Waals surface area contributed by atoms with Crippen molar-refractivity contribution in [3.8, 4) is 0 Å². The minimum Gasteiger partial charge on any atom is -0.387 e. The first-order valence-corrected chi connectivity index (χ1v) is 7.99. The summed E-state index contributed by atoms with van der Waals surface area (Å²) in [6.45, 7) is 3.56. The number of hydrogen-bond acceptors (Lipinski definition) is 4. The van der Waals surface area contributed by atoms with Crippen LogP contribution in [0.15, 0.2) is 29.4 Å². The Morgan fingerprint density at radius 3 is 2.91 bits per heavy atom. The maximum atomic E-state index is 10.0. The maximum absolute atomic E-state index is 10.0. The van der Waals surface area contributed by atoms with Crippen LogP contribution in [0.5, 0.6) is 0 Å². The highest BCUT2D eigenvalue weighted by Gasteiger charge is 2.50. The van der Waals surface area contributed by atoms with Gasteiger partial charge in [-0.3, -0.25) is 0 Å². The molecule has 0 amide bonds. The molecule has 0 aromatic heterocycles. The fraction of sp³-hybridized carbons (Fsp3) is 0.467. The average molecular weight is 344 g/mol. The second-order valence-electron chi connectivity index (χ2n) is 5.38. The van der Waals surface area contributed by atoms with Gasteiger partial charge in [-0.15, -0.1) is 11.6 Å². The Kier molecular flexibility index (Phi) is 5.91. The summed E-state index contributed by atoms with van der Waals surface area (Å²) in [6.07, 6.45) is 2.31. The third-order valence-corrected chi connectivity index (χ3v) is 4.44. The average Bonchev–Trinajstić information content (AvgIpc) is 3.23. The molecule has 1 aromatic carbocycles. The summed E-state index contributed by atoms with van der Waals surface area (Å²) in [7, 11) is 0. The highest BCUT2D eigenvalue weighted by molar-refractivity contribution is 6.30. The van der Waals surface area contributed by atoms with Crippen LogP contribution in [0.2, 0.25) is 5.02 Å². The van der Waals surface area contributed by atoms with Gasteiger partial charge in [0.25, 0.3) is 0 Å². The third-order valence-electron chi connectivity index (χ3n) is 3.98. The monoisotopic (exact) mass is 343 g/mol. The molecule has 1 aromatic rings. The van der Waals surface area contributed by atoms with Gasteiger partial charge in [-0.25, -0.2) is 4.79 Å². The Bertz CT molecular complexity index is 553. The van der Waals surface area contributed by atoms with E-state index in [9.17, 15) is 4.79 Å². The number of hydrogen-bond donors (Lipinski definition) is 1. The number of fused-ring (bicyclic) bond motifs is 1. The van der Waals surface area contributed by atoms with E-state index in [2.05, 4.69) is 33.9 Å². The van der Waals surface area contributed by atoms with Crippen molar-refractivity contribution in [2.45, 2.75) is 19.4 Å². The predicted octanol–water partition coefficient (Wildman–Crippen LogP) is 2.86. The van der Waals surface area contributed by atoms with Gasteiger partial charge in [0.15, 0.2) is 0 Å². The summed E-state index contributed by atoms with van der Waals surface area (Å²) in [5.74, 6) is 1.09. The van der Waals surface area contributed by atoms with Crippen LogP contribution in [0, 0.1) is 11.8 Å². The van der Waals surface area contributed by atoms with Crippen LogP contribution in [-0.4, -0.2) is 30.8 Å². The molecule has 1 aliphatic carbocycles. The van der Waals surface area contributed by atoms with Crippen LogP contribution in [0.4, 0.5) is 5.69 Å². The van der Waals surface area contributed by atoms with E-state index in [4.69, 9.17) is 28.9 Å². The topological polar surface area (TPSA) is 67.9 Å². The number of nitrogens with zero attached hydrogens (tertiary/aromatic N) is 2. The smallest absolute Gasteiger partial charge is 0.349 e. The molecule has 3 rings (SSSR count). The molecule has 3 unspecified atom stereocenters. The number of halogens is 2. The summed E-state index contributed by atoms with van der Waals surface area (Å²) < 4.78 is 0. The minimum atomic E-state index is -0.617. The first kappa shape index (κ1) is 16.9. The van der Waals surface area contributed by atoms with Gasteiger partial charge in [0.2, 0.25) is 0 Å². The molecule has 1 saturated heterocycles.